The Morgan fingerprint density at radius 3 is 2.76 bits per heavy atom. The van der Waals surface area contributed by atoms with Gasteiger partial charge in [0, 0.05) is 29.4 Å². The Morgan fingerprint density at radius 2 is 2.03 bits per heavy atom. The lowest BCUT2D eigenvalue weighted by Gasteiger charge is -2.58. The van der Waals surface area contributed by atoms with Crippen LogP contribution in [0.1, 0.15) is 82.6 Å². The second-order valence-corrected chi connectivity index (χ2v) is 12.4. The molecule has 1 aromatic rings. The predicted octanol–water partition coefficient (Wildman–Crippen LogP) is 4.24. The molecule has 7 atom stereocenters. The Morgan fingerprint density at radius 1 is 1.24 bits per heavy atom. The smallest absolute Gasteiger partial charge is 0.260 e. The van der Waals surface area contributed by atoms with Crippen LogP contribution in [-0.4, -0.2) is 45.6 Å². The molecule has 0 aromatic carbocycles. The van der Waals surface area contributed by atoms with E-state index < -0.39 is 11.7 Å². The summed E-state index contributed by atoms with van der Waals surface area (Å²) in [6, 6.07) is 3.63. The van der Waals surface area contributed by atoms with E-state index >= 15 is 0 Å². The quantitative estimate of drug-likeness (QED) is 0.385. The predicted molar refractivity (Wildman–Crippen MR) is 146 cm³/mol. The van der Waals surface area contributed by atoms with Gasteiger partial charge in [0.25, 0.3) is 5.91 Å². The molecule has 1 aromatic heterocycles. The molecule has 0 aliphatic heterocycles. The van der Waals surface area contributed by atoms with Gasteiger partial charge in [-0.05, 0) is 93.6 Å². The molecule has 1 amide bonds. The number of oxime groups is 1. The number of fused-ring (bicyclic) bond motifs is 5. The van der Waals surface area contributed by atoms with E-state index in [0.717, 1.165) is 62.8 Å². The monoisotopic (exact) mass is 519 g/mol. The summed E-state index contributed by atoms with van der Waals surface area (Å²) in [5.74, 6) is 4.13. The summed E-state index contributed by atoms with van der Waals surface area (Å²) < 4.78 is 0. The first-order chi connectivity index (χ1) is 18.1. The van der Waals surface area contributed by atoms with Crippen molar-refractivity contribution in [2.75, 3.05) is 13.2 Å². The molecule has 4 aliphatic carbocycles. The highest BCUT2D eigenvalue weighted by molar-refractivity contribution is 5.96. The minimum atomic E-state index is -0.967. The average Bonchev–Trinajstić information content (AvgIpc) is 3.18. The lowest BCUT2D eigenvalue weighted by Crippen LogP contribution is -2.54. The number of carbonyl (C=O) groups excluding carboxylic acids is 1. The van der Waals surface area contributed by atoms with Crippen LogP contribution < -0.4 is 5.32 Å². The third-order valence-corrected chi connectivity index (χ3v) is 10.6. The van der Waals surface area contributed by atoms with Crippen LogP contribution in [0, 0.1) is 47.9 Å². The second-order valence-electron chi connectivity index (χ2n) is 12.4. The lowest BCUT2D eigenvalue weighted by atomic mass is 9.46. The largest absolute Gasteiger partial charge is 0.387 e. The third kappa shape index (κ3) is 4.56. The number of hydrogen-bond donors (Lipinski definition) is 3. The van der Waals surface area contributed by atoms with Crippen molar-refractivity contribution in [3.63, 3.8) is 0 Å². The maximum atomic E-state index is 12.2. The lowest BCUT2D eigenvalue weighted by molar-refractivity contribution is -0.126. The van der Waals surface area contributed by atoms with E-state index in [9.17, 15) is 15.0 Å². The molecular formula is C31H41N3O4. The maximum Gasteiger partial charge on any atom is 0.260 e. The molecule has 38 heavy (non-hydrogen) atoms. The van der Waals surface area contributed by atoms with Crippen molar-refractivity contribution in [2.45, 2.75) is 83.8 Å². The molecule has 4 aliphatic rings. The number of terminal acetylenes is 1. The molecule has 5 rings (SSSR count). The normalized spacial score (nSPS) is 37.7. The molecule has 4 unspecified atom stereocenters. The number of pyridine rings is 1. The number of aliphatic hydroxyl groups is 2. The average molecular weight is 520 g/mol. The standard InChI is InChI=1S/C31H41N3O4/c1-5-31(37)15-12-26-24-9-8-22-16-23(10-13-29(22,3)25(24)11-14-30(26,31)4)34-38-19-28(36)33-18-27(35)21-7-6-20(2)32-17-21/h1,6-7,16-17,24-27,35,37H,8-15,18-19H2,2-4H3,(H,33,36)/t24?,25?,26?,27?,29-,30-,31+/m0/s1. The van der Waals surface area contributed by atoms with Crippen molar-refractivity contribution in [3.05, 3.63) is 41.2 Å². The molecule has 3 fully saturated rings. The van der Waals surface area contributed by atoms with Crippen LogP contribution in [0.2, 0.25) is 0 Å². The maximum absolute atomic E-state index is 12.2. The molecule has 0 bridgehead atoms. The SMILES string of the molecule is C#C[C@@]1(O)CCC2C3CCC4=CC(=NOCC(=O)NCC(O)c5ccc(C)nc5)CC[C@]4(C)C3CC[C@@]21C. The van der Waals surface area contributed by atoms with Crippen LogP contribution in [0.5, 0.6) is 0 Å². The topological polar surface area (TPSA) is 104 Å². The van der Waals surface area contributed by atoms with Gasteiger partial charge in [-0.25, -0.2) is 0 Å². The second kappa shape index (κ2) is 10.1. The molecular weight excluding hydrogens is 478 g/mol. The van der Waals surface area contributed by atoms with E-state index in [1.54, 1.807) is 12.3 Å². The van der Waals surface area contributed by atoms with E-state index in [1.807, 2.05) is 13.0 Å². The molecule has 0 spiro atoms. The number of aryl methyl sites for hydroxylation is 1. The number of rotatable bonds is 6. The number of hydrogen-bond acceptors (Lipinski definition) is 6. The first kappa shape index (κ1) is 26.9. The van der Waals surface area contributed by atoms with Crippen molar-refractivity contribution in [3.8, 4) is 12.3 Å². The number of amides is 1. The highest BCUT2D eigenvalue weighted by Crippen LogP contribution is 2.67. The highest BCUT2D eigenvalue weighted by Gasteiger charge is 2.63. The van der Waals surface area contributed by atoms with Gasteiger partial charge in [-0.3, -0.25) is 9.78 Å². The fourth-order valence-corrected chi connectivity index (χ4v) is 8.13. The Balaban J connectivity index is 1.16. The van der Waals surface area contributed by atoms with Crippen molar-refractivity contribution in [2.24, 2.45) is 33.7 Å². The van der Waals surface area contributed by atoms with Crippen molar-refractivity contribution >= 4 is 11.6 Å². The molecule has 1 heterocycles. The minimum absolute atomic E-state index is 0.0905. The number of carbonyl (C=O) groups is 1. The van der Waals surface area contributed by atoms with Gasteiger partial charge in [0.1, 0.15) is 5.60 Å². The van der Waals surface area contributed by atoms with Crippen LogP contribution >= 0.6 is 0 Å². The van der Waals surface area contributed by atoms with Crippen molar-refractivity contribution < 1.29 is 19.8 Å². The Hall–Kier alpha value is -2.69. The van der Waals surface area contributed by atoms with Gasteiger partial charge in [0.15, 0.2) is 6.61 Å². The number of nitrogens with one attached hydrogen (secondary N) is 1. The summed E-state index contributed by atoms with van der Waals surface area (Å²) in [6.07, 6.45) is 16.6. The summed E-state index contributed by atoms with van der Waals surface area (Å²) in [5, 5.41) is 28.4. The molecule has 3 saturated carbocycles. The van der Waals surface area contributed by atoms with Crippen LogP contribution in [-0.2, 0) is 9.63 Å². The van der Waals surface area contributed by atoms with E-state index in [1.165, 1.54) is 5.57 Å². The molecule has 7 nitrogen and oxygen atoms in total. The van der Waals surface area contributed by atoms with Crippen LogP contribution in [0.4, 0.5) is 0 Å². The summed E-state index contributed by atoms with van der Waals surface area (Å²) in [5.41, 5.74) is 2.86. The number of aromatic nitrogens is 1. The molecule has 3 N–H and O–H groups in total. The van der Waals surface area contributed by atoms with Crippen molar-refractivity contribution in [1.29, 1.82) is 0 Å². The van der Waals surface area contributed by atoms with Gasteiger partial charge in [-0.1, -0.05) is 36.6 Å². The van der Waals surface area contributed by atoms with Crippen molar-refractivity contribution in [1.82, 2.24) is 10.3 Å². The summed E-state index contributed by atoms with van der Waals surface area (Å²) in [4.78, 5) is 21.8. The molecule has 7 heteroatoms. The van der Waals surface area contributed by atoms with Gasteiger partial charge < -0.3 is 20.4 Å². The zero-order valence-corrected chi connectivity index (χ0v) is 22.9. The Labute approximate surface area is 226 Å². The van der Waals surface area contributed by atoms with Gasteiger partial charge >= 0.3 is 0 Å². The number of nitrogens with zero attached hydrogens (tertiary/aromatic N) is 2. The number of aliphatic hydroxyl groups excluding tert-OH is 1. The number of allylic oxidation sites excluding steroid dienone is 2. The molecule has 204 valence electrons. The first-order valence-corrected chi connectivity index (χ1v) is 14.1. The van der Waals surface area contributed by atoms with Crippen LogP contribution in [0.15, 0.2) is 35.1 Å². The van der Waals surface area contributed by atoms with Crippen LogP contribution in [0.25, 0.3) is 0 Å². The highest BCUT2D eigenvalue weighted by atomic mass is 16.6. The van der Waals surface area contributed by atoms with E-state index in [4.69, 9.17) is 11.3 Å². The molecule has 0 radical (unpaired) electrons. The third-order valence-electron chi connectivity index (χ3n) is 10.6. The van der Waals surface area contributed by atoms with Gasteiger partial charge in [0.2, 0.25) is 0 Å². The van der Waals surface area contributed by atoms with Gasteiger partial charge in [-0.2, -0.15) is 0 Å². The Kier molecular flexibility index (Phi) is 7.17. The zero-order valence-electron chi connectivity index (χ0n) is 22.9. The minimum Gasteiger partial charge on any atom is -0.387 e. The Bertz CT molecular complexity index is 1170. The van der Waals surface area contributed by atoms with Crippen LogP contribution in [0.3, 0.4) is 0 Å². The van der Waals surface area contributed by atoms with E-state index in [0.29, 0.717) is 23.3 Å². The summed E-state index contributed by atoms with van der Waals surface area (Å²) in [6.45, 7) is 6.43. The first-order valence-electron chi connectivity index (χ1n) is 14.1. The fourth-order valence-electron chi connectivity index (χ4n) is 8.13. The zero-order chi connectivity index (χ0) is 27.1. The summed E-state index contributed by atoms with van der Waals surface area (Å²) in [7, 11) is 0. The fraction of sp³-hybridized carbons (Fsp3) is 0.645. The van der Waals surface area contributed by atoms with Gasteiger partial charge in [0.05, 0.1) is 11.8 Å². The van der Waals surface area contributed by atoms with E-state index in [2.05, 4.69) is 41.3 Å². The van der Waals surface area contributed by atoms with E-state index in [-0.39, 0.29) is 29.9 Å². The molecule has 0 saturated heterocycles. The van der Waals surface area contributed by atoms with Gasteiger partial charge in [-0.15, -0.1) is 6.42 Å². The summed E-state index contributed by atoms with van der Waals surface area (Å²) >= 11 is 0.